The number of thioether (sulfide) groups is 1. The third-order valence-corrected chi connectivity index (χ3v) is 4.15. The van der Waals surface area contributed by atoms with E-state index < -0.39 is 0 Å². The molecule has 118 valence electrons. The van der Waals surface area contributed by atoms with E-state index in [0.717, 1.165) is 35.4 Å². The molecule has 1 aromatic carbocycles. The van der Waals surface area contributed by atoms with Gasteiger partial charge >= 0.3 is 6.03 Å². The summed E-state index contributed by atoms with van der Waals surface area (Å²) in [4.78, 5) is 12.2. The lowest BCUT2D eigenvalue weighted by Crippen LogP contribution is -2.40. The fourth-order valence-electron chi connectivity index (χ4n) is 2.29. The molecule has 1 unspecified atom stereocenters. The van der Waals surface area contributed by atoms with Gasteiger partial charge in [-0.1, -0.05) is 32.0 Å². The Hall–Kier alpha value is -1.20. The standard InChI is InChI=1S/C16H26N2O2S/c1-4-12-7-6-8-13(5-2)15(12)18-16(20)17-14(9-10-19)11-21-3/h6-8,14,19H,4-5,9-11H2,1-3H3,(H2,17,18,20). The van der Waals surface area contributed by atoms with Crippen molar-refractivity contribution in [2.24, 2.45) is 0 Å². The number of rotatable bonds is 8. The van der Waals surface area contributed by atoms with Crippen molar-refractivity contribution in [2.75, 3.05) is 23.9 Å². The molecule has 0 saturated carbocycles. The van der Waals surface area contributed by atoms with E-state index in [-0.39, 0.29) is 18.7 Å². The van der Waals surface area contributed by atoms with Gasteiger partial charge in [0.25, 0.3) is 0 Å². The molecule has 0 spiro atoms. The highest BCUT2D eigenvalue weighted by atomic mass is 32.2. The van der Waals surface area contributed by atoms with Crippen LogP contribution in [0, 0.1) is 0 Å². The average Bonchev–Trinajstić information content (AvgIpc) is 2.47. The Morgan fingerprint density at radius 3 is 2.38 bits per heavy atom. The highest BCUT2D eigenvalue weighted by Gasteiger charge is 2.14. The van der Waals surface area contributed by atoms with Crippen molar-refractivity contribution in [2.45, 2.75) is 39.2 Å². The Morgan fingerprint density at radius 2 is 1.90 bits per heavy atom. The maximum absolute atomic E-state index is 12.2. The fraction of sp³-hybridized carbons (Fsp3) is 0.562. The van der Waals surface area contributed by atoms with Crippen LogP contribution in [0.15, 0.2) is 18.2 Å². The third-order valence-electron chi connectivity index (χ3n) is 3.42. The summed E-state index contributed by atoms with van der Waals surface area (Å²) in [5.74, 6) is 0.796. The first kappa shape index (κ1) is 17.9. The first-order valence-electron chi connectivity index (χ1n) is 7.44. The molecular formula is C16H26N2O2S. The van der Waals surface area contributed by atoms with Crippen LogP contribution in [0.4, 0.5) is 10.5 Å². The van der Waals surface area contributed by atoms with E-state index in [4.69, 9.17) is 5.11 Å². The quantitative estimate of drug-likeness (QED) is 0.691. The van der Waals surface area contributed by atoms with Crippen LogP contribution in [0.3, 0.4) is 0 Å². The number of hydrogen-bond donors (Lipinski definition) is 3. The minimum Gasteiger partial charge on any atom is -0.396 e. The van der Waals surface area contributed by atoms with E-state index in [1.807, 2.05) is 24.5 Å². The molecule has 21 heavy (non-hydrogen) atoms. The van der Waals surface area contributed by atoms with Crippen molar-refractivity contribution in [3.63, 3.8) is 0 Å². The van der Waals surface area contributed by atoms with E-state index in [1.54, 1.807) is 11.8 Å². The third kappa shape index (κ3) is 5.59. The second-order valence-electron chi connectivity index (χ2n) is 4.92. The van der Waals surface area contributed by atoms with Crippen LogP contribution < -0.4 is 10.6 Å². The number of carbonyl (C=O) groups excluding carboxylic acids is 1. The van der Waals surface area contributed by atoms with E-state index in [1.165, 1.54) is 0 Å². The SMILES string of the molecule is CCc1cccc(CC)c1NC(=O)NC(CCO)CSC. The van der Waals surface area contributed by atoms with Crippen molar-refractivity contribution >= 4 is 23.5 Å². The first-order chi connectivity index (χ1) is 10.2. The number of amides is 2. The second-order valence-corrected chi connectivity index (χ2v) is 5.83. The highest BCUT2D eigenvalue weighted by molar-refractivity contribution is 7.98. The monoisotopic (exact) mass is 310 g/mol. The Kier molecular flexibility index (Phi) is 8.23. The molecule has 0 heterocycles. The molecule has 0 fully saturated rings. The molecule has 0 radical (unpaired) electrons. The summed E-state index contributed by atoms with van der Waals surface area (Å²) < 4.78 is 0. The van der Waals surface area contributed by atoms with Crippen LogP contribution in [0.1, 0.15) is 31.4 Å². The van der Waals surface area contributed by atoms with E-state index in [9.17, 15) is 4.79 Å². The van der Waals surface area contributed by atoms with Gasteiger partial charge in [0.05, 0.1) is 0 Å². The minimum atomic E-state index is -0.196. The van der Waals surface area contributed by atoms with Crippen LogP contribution in [0.2, 0.25) is 0 Å². The Bertz CT molecular complexity index is 424. The molecule has 3 N–H and O–H groups in total. The molecule has 0 aromatic heterocycles. The summed E-state index contributed by atoms with van der Waals surface area (Å²) in [6.07, 6.45) is 4.33. The number of hydrogen-bond acceptors (Lipinski definition) is 3. The van der Waals surface area contributed by atoms with Crippen molar-refractivity contribution in [3.05, 3.63) is 29.3 Å². The van der Waals surface area contributed by atoms with Gasteiger partial charge in [-0.3, -0.25) is 0 Å². The van der Waals surface area contributed by atoms with Crippen molar-refractivity contribution < 1.29 is 9.90 Å². The summed E-state index contributed by atoms with van der Waals surface area (Å²) in [5.41, 5.74) is 3.22. The van der Waals surface area contributed by atoms with Crippen LogP contribution in [-0.4, -0.2) is 35.8 Å². The Labute approximate surface area is 131 Å². The van der Waals surface area contributed by atoms with Gasteiger partial charge in [0, 0.05) is 24.1 Å². The number of aliphatic hydroxyl groups is 1. The first-order valence-corrected chi connectivity index (χ1v) is 8.83. The zero-order valence-corrected chi connectivity index (χ0v) is 13.9. The van der Waals surface area contributed by atoms with Gasteiger partial charge in [-0.25, -0.2) is 4.79 Å². The van der Waals surface area contributed by atoms with Gasteiger partial charge in [0.15, 0.2) is 0 Å². The predicted octanol–water partition coefficient (Wildman–Crippen LogP) is 3.05. The summed E-state index contributed by atoms with van der Waals surface area (Å²) >= 11 is 1.66. The fourth-order valence-corrected chi connectivity index (χ4v) is 2.94. The number of aliphatic hydroxyl groups excluding tert-OH is 1. The number of para-hydroxylation sites is 1. The van der Waals surface area contributed by atoms with Crippen LogP contribution >= 0.6 is 11.8 Å². The zero-order chi connectivity index (χ0) is 15.7. The number of urea groups is 1. The van der Waals surface area contributed by atoms with E-state index >= 15 is 0 Å². The van der Waals surface area contributed by atoms with Gasteiger partial charge in [-0.2, -0.15) is 11.8 Å². The summed E-state index contributed by atoms with van der Waals surface area (Å²) in [6, 6.07) is 5.91. The summed E-state index contributed by atoms with van der Waals surface area (Å²) in [6.45, 7) is 4.25. The van der Waals surface area contributed by atoms with Gasteiger partial charge in [-0.05, 0) is 36.6 Å². The maximum Gasteiger partial charge on any atom is 0.319 e. The van der Waals surface area contributed by atoms with Crippen molar-refractivity contribution in [1.82, 2.24) is 5.32 Å². The van der Waals surface area contributed by atoms with Crippen LogP contribution in [-0.2, 0) is 12.8 Å². The maximum atomic E-state index is 12.2. The molecule has 1 aromatic rings. The lowest BCUT2D eigenvalue weighted by molar-refractivity contribution is 0.241. The van der Waals surface area contributed by atoms with Crippen molar-refractivity contribution in [1.29, 1.82) is 0 Å². The van der Waals surface area contributed by atoms with E-state index in [2.05, 4.69) is 24.5 Å². The topological polar surface area (TPSA) is 61.4 Å². The molecule has 4 nitrogen and oxygen atoms in total. The molecule has 1 rings (SSSR count). The Balaban J connectivity index is 2.77. The number of aryl methyl sites for hydroxylation is 2. The van der Waals surface area contributed by atoms with Crippen LogP contribution in [0.25, 0.3) is 0 Å². The number of anilines is 1. The molecule has 2 amide bonds. The van der Waals surface area contributed by atoms with Gasteiger partial charge < -0.3 is 15.7 Å². The number of carbonyl (C=O) groups is 1. The van der Waals surface area contributed by atoms with Crippen LogP contribution in [0.5, 0.6) is 0 Å². The molecule has 0 bridgehead atoms. The molecule has 1 atom stereocenters. The predicted molar refractivity (Wildman–Crippen MR) is 91.2 cm³/mol. The molecule has 0 saturated heterocycles. The molecule has 0 aliphatic heterocycles. The average molecular weight is 310 g/mol. The molecular weight excluding hydrogens is 284 g/mol. The number of nitrogens with one attached hydrogen (secondary N) is 2. The minimum absolute atomic E-state index is 0.0103. The van der Waals surface area contributed by atoms with E-state index in [0.29, 0.717) is 6.42 Å². The number of benzene rings is 1. The Morgan fingerprint density at radius 1 is 1.29 bits per heavy atom. The second kappa shape index (κ2) is 9.68. The lowest BCUT2D eigenvalue weighted by Gasteiger charge is -2.19. The summed E-state index contributed by atoms with van der Waals surface area (Å²) in [5, 5.41) is 15.0. The lowest BCUT2D eigenvalue weighted by atomic mass is 10.0. The van der Waals surface area contributed by atoms with Crippen molar-refractivity contribution in [3.8, 4) is 0 Å². The highest BCUT2D eigenvalue weighted by Crippen LogP contribution is 2.22. The van der Waals surface area contributed by atoms with Gasteiger partial charge in [0.2, 0.25) is 0 Å². The molecule has 5 heteroatoms. The summed E-state index contributed by atoms with van der Waals surface area (Å²) in [7, 11) is 0. The normalized spacial score (nSPS) is 12.0. The zero-order valence-electron chi connectivity index (χ0n) is 13.1. The molecule has 0 aliphatic rings. The van der Waals surface area contributed by atoms with Gasteiger partial charge in [0.1, 0.15) is 0 Å². The molecule has 0 aliphatic carbocycles. The largest absolute Gasteiger partial charge is 0.396 e. The smallest absolute Gasteiger partial charge is 0.319 e. The van der Waals surface area contributed by atoms with Gasteiger partial charge in [-0.15, -0.1) is 0 Å².